The van der Waals surface area contributed by atoms with Crippen molar-refractivity contribution in [2.45, 2.75) is 19.3 Å². The molecule has 1 aliphatic rings. The maximum Gasteiger partial charge on any atom is 0.164 e. The highest BCUT2D eigenvalue weighted by atomic mass is 16.3. The largest absolute Gasteiger partial charge is 0.456 e. The van der Waals surface area contributed by atoms with Gasteiger partial charge in [0.15, 0.2) is 17.5 Å². The van der Waals surface area contributed by atoms with Gasteiger partial charge in [-0.05, 0) is 51.6 Å². The summed E-state index contributed by atoms with van der Waals surface area (Å²) < 4.78 is 6.28. The van der Waals surface area contributed by atoms with Crippen LogP contribution in [0.4, 0.5) is 0 Å². The molecule has 0 amide bonds. The van der Waals surface area contributed by atoms with Crippen LogP contribution >= 0.6 is 0 Å². The van der Waals surface area contributed by atoms with E-state index in [2.05, 4.69) is 111 Å². The fourth-order valence-corrected chi connectivity index (χ4v) is 7.07. The number of furan rings is 1. The van der Waals surface area contributed by atoms with Crippen LogP contribution in [-0.4, -0.2) is 15.0 Å². The second-order valence-corrected chi connectivity index (χ2v) is 12.4. The first-order chi connectivity index (χ1) is 22.6. The highest BCUT2D eigenvalue weighted by molar-refractivity contribution is 6.15. The summed E-state index contributed by atoms with van der Waals surface area (Å²) in [5, 5.41) is 2.33. The third-order valence-corrected chi connectivity index (χ3v) is 9.36. The van der Waals surface area contributed by atoms with E-state index >= 15 is 0 Å². The van der Waals surface area contributed by atoms with Crippen LogP contribution in [0, 0.1) is 0 Å². The molecule has 1 aliphatic carbocycles. The summed E-state index contributed by atoms with van der Waals surface area (Å²) >= 11 is 0. The van der Waals surface area contributed by atoms with E-state index in [0.29, 0.717) is 17.5 Å². The topological polar surface area (TPSA) is 51.8 Å². The molecule has 0 fully saturated rings. The number of para-hydroxylation sites is 1. The van der Waals surface area contributed by atoms with Crippen molar-refractivity contribution in [3.63, 3.8) is 0 Å². The molecule has 4 heteroatoms. The first kappa shape index (κ1) is 26.5. The van der Waals surface area contributed by atoms with Crippen LogP contribution < -0.4 is 0 Å². The van der Waals surface area contributed by atoms with Crippen LogP contribution in [0.15, 0.2) is 144 Å². The molecule has 46 heavy (non-hydrogen) atoms. The first-order valence-corrected chi connectivity index (χ1v) is 15.6. The maximum absolute atomic E-state index is 6.28. The van der Waals surface area contributed by atoms with Crippen molar-refractivity contribution < 1.29 is 4.42 Å². The molecule has 0 radical (unpaired) electrons. The third-order valence-electron chi connectivity index (χ3n) is 9.36. The lowest BCUT2D eigenvalue weighted by Crippen LogP contribution is -2.15. The minimum absolute atomic E-state index is 0.217. The van der Waals surface area contributed by atoms with E-state index in [-0.39, 0.29) is 5.41 Å². The molecule has 2 aromatic heterocycles. The maximum atomic E-state index is 6.28. The Hall–Kier alpha value is -5.87. The van der Waals surface area contributed by atoms with Crippen molar-refractivity contribution in [3.05, 3.63) is 151 Å². The van der Waals surface area contributed by atoms with Crippen LogP contribution in [0.5, 0.6) is 0 Å². The molecule has 9 rings (SSSR count). The molecule has 8 aromatic rings. The van der Waals surface area contributed by atoms with E-state index in [1.807, 2.05) is 42.5 Å². The molecule has 0 N–H and O–H groups in total. The van der Waals surface area contributed by atoms with Crippen molar-refractivity contribution in [2.75, 3.05) is 0 Å². The number of aromatic nitrogens is 3. The fourth-order valence-electron chi connectivity index (χ4n) is 7.07. The minimum atomic E-state index is -0.217. The SMILES string of the molecule is CC1(C)c2cc(-c3nc(-c4ccccc4)nc(-c4ccccc4-c4ccccc4)n3)ccc2-c2c1ccc1oc3ccccc3c21. The molecular weight excluding hydrogens is 562 g/mol. The zero-order valence-electron chi connectivity index (χ0n) is 25.5. The van der Waals surface area contributed by atoms with Crippen molar-refractivity contribution in [1.29, 1.82) is 0 Å². The highest BCUT2D eigenvalue weighted by Crippen LogP contribution is 2.53. The number of rotatable bonds is 4. The van der Waals surface area contributed by atoms with Crippen molar-refractivity contribution in [3.8, 4) is 56.4 Å². The van der Waals surface area contributed by atoms with Gasteiger partial charge in [0.05, 0.1) is 0 Å². The van der Waals surface area contributed by atoms with Gasteiger partial charge in [-0.2, -0.15) is 0 Å². The number of nitrogens with zero attached hydrogens (tertiary/aromatic N) is 3. The quantitative estimate of drug-likeness (QED) is 0.204. The summed E-state index contributed by atoms with van der Waals surface area (Å²) in [7, 11) is 0. The van der Waals surface area contributed by atoms with E-state index < -0.39 is 0 Å². The van der Waals surface area contributed by atoms with Gasteiger partial charge in [-0.25, -0.2) is 15.0 Å². The molecule has 0 atom stereocenters. The predicted molar refractivity (Wildman–Crippen MR) is 186 cm³/mol. The van der Waals surface area contributed by atoms with Gasteiger partial charge in [0.2, 0.25) is 0 Å². The van der Waals surface area contributed by atoms with E-state index in [9.17, 15) is 0 Å². The Labute approximate surface area is 267 Å². The summed E-state index contributed by atoms with van der Waals surface area (Å²) in [4.78, 5) is 15.3. The van der Waals surface area contributed by atoms with Gasteiger partial charge < -0.3 is 4.42 Å². The summed E-state index contributed by atoms with van der Waals surface area (Å²) in [6, 6.07) is 48.2. The van der Waals surface area contributed by atoms with Crippen LogP contribution in [0.25, 0.3) is 78.4 Å². The zero-order chi connectivity index (χ0) is 30.8. The van der Waals surface area contributed by atoms with Crippen molar-refractivity contribution in [2.24, 2.45) is 0 Å². The minimum Gasteiger partial charge on any atom is -0.456 e. The zero-order valence-corrected chi connectivity index (χ0v) is 25.5. The lowest BCUT2D eigenvalue weighted by Gasteiger charge is -2.22. The standard InChI is InChI=1S/C42H29N3O/c1-42(2)33-23-24-36-38(32-19-11-12-20-35(32)46-36)37(33)31-22-21-28(25-34(31)42)40-43-39(27-15-7-4-8-16-27)44-41(45-40)30-18-10-9-17-29(30)26-13-5-3-6-14-26/h3-25H,1-2H3. The Morgan fingerprint density at radius 1 is 0.457 bits per heavy atom. The molecular formula is C42H29N3O. The summed E-state index contributed by atoms with van der Waals surface area (Å²) in [6.07, 6.45) is 0. The van der Waals surface area contributed by atoms with Gasteiger partial charge in [0.1, 0.15) is 11.2 Å². The Morgan fingerprint density at radius 2 is 1.09 bits per heavy atom. The predicted octanol–water partition coefficient (Wildman–Crippen LogP) is 10.7. The normalized spacial score (nSPS) is 13.2. The average Bonchev–Trinajstić information content (AvgIpc) is 3.60. The smallest absolute Gasteiger partial charge is 0.164 e. The number of hydrogen-bond donors (Lipinski definition) is 0. The van der Waals surface area contributed by atoms with E-state index in [1.54, 1.807) is 0 Å². The van der Waals surface area contributed by atoms with E-state index in [1.165, 1.54) is 27.6 Å². The summed E-state index contributed by atoms with van der Waals surface area (Å²) in [6.45, 7) is 4.61. The van der Waals surface area contributed by atoms with Gasteiger partial charge in [0.25, 0.3) is 0 Å². The highest BCUT2D eigenvalue weighted by Gasteiger charge is 2.38. The summed E-state index contributed by atoms with van der Waals surface area (Å²) in [5.41, 5.74) is 11.7. The van der Waals surface area contributed by atoms with Gasteiger partial charge in [-0.1, -0.05) is 135 Å². The second kappa shape index (κ2) is 10.1. The van der Waals surface area contributed by atoms with Gasteiger partial charge in [-0.15, -0.1) is 0 Å². The average molecular weight is 592 g/mol. The molecule has 0 bridgehead atoms. The third kappa shape index (κ3) is 4.04. The molecule has 6 aromatic carbocycles. The second-order valence-electron chi connectivity index (χ2n) is 12.4. The molecule has 4 nitrogen and oxygen atoms in total. The lowest BCUT2D eigenvalue weighted by atomic mass is 9.81. The monoisotopic (exact) mass is 591 g/mol. The Kier molecular flexibility index (Phi) is 5.81. The lowest BCUT2D eigenvalue weighted by molar-refractivity contribution is 0.656. The van der Waals surface area contributed by atoms with Crippen molar-refractivity contribution >= 4 is 21.9 Å². The molecule has 0 saturated carbocycles. The number of benzene rings is 6. The molecule has 0 unspecified atom stereocenters. The fraction of sp³-hybridized carbons (Fsp3) is 0.0714. The van der Waals surface area contributed by atoms with E-state index in [4.69, 9.17) is 19.4 Å². The van der Waals surface area contributed by atoms with Crippen LogP contribution in [0.3, 0.4) is 0 Å². The Bertz CT molecular complexity index is 2440. The Morgan fingerprint density at radius 3 is 1.87 bits per heavy atom. The number of fused-ring (bicyclic) bond motifs is 7. The van der Waals surface area contributed by atoms with Crippen molar-refractivity contribution in [1.82, 2.24) is 15.0 Å². The molecule has 218 valence electrons. The molecule has 2 heterocycles. The van der Waals surface area contributed by atoms with Crippen LogP contribution in [-0.2, 0) is 5.41 Å². The van der Waals surface area contributed by atoms with Gasteiger partial charge in [-0.3, -0.25) is 0 Å². The summed E-state index contributed by atoms with van der Waals surface area (Å²) in [5.74, 6) is 1.95. The molecule has 0 saturated heterocycles. The molecule has 0 aliphatic heterocycles. The van der Waals surface area contributed by atoms with Crippen LogP contribution in [0.2, 0.25) is 0 Å². The van der Waals surface area contributed by atoms with Gasteiger partial charge >= 0.3 is 0 Å². The van der Waals surface area contributed by atoms with E-state index in [0.717, 1.165) is 44.4 Å². The van der Waals surface area contributed by atoms with Gasteiger partial charge in [0, 0.05) is 32.9 Å². The molecule has 0 spiro atoms. The van der Waals surface area contributed by atoms with Crippen LogP contribution in [0.1, 0.15) is 25.0 Å². The first-order valence-electron chi connectivity index (χ1n) is 15.6. The number of hydrogen-bond acceptors (Lipinski definition) is 4. The Balaban J connectivity index is 1.25.